The van der Waals surface area contributed by atoms with Gasteiger partial charge in [-0.15, -0.1) is 0 Å². The molecule has 2 N–H and O–H groups in total. The molecule has 0 saturated carbocycles. The second kappa shape index (κ2) is 5.14. The first-order valence-corrected chi connectivity index (χ1v) is 6.90. The predicted molar refractivity (Wildman–Crippen MR) is 77.9 cm³/mol. The lowest BCUT2D eigenvalue weighted by atomic mass is 9.73. The van der Waals surface area contributed by atoms with Crippen LogP contribution in [0.5, 0.6) is 5.75 Å². The Morgan fingerprint density at radius 1 is 1.32 bits per heavy atom. The van der Waals surface area contributed by atoms with Crippen molar-refractivity contribution in [3.63, 3.8) is 0 Å². The Morgan fingerprint density at radius 3 is 2.42 bits per heavy atom. The minimum atomic E-state index is 0.0653. The van der Waals surface area contributed by atoms with Gasteiger partial charge < -0.3 is 15.2 Å². The van der Waals surface area contributed by atoms with E-state index in [0.717, 1.165) is 25.4 Å². The summed E-state index contributed by atoms with van der Waals surface area (Å²) in [5.74, 6) is 0.958. The molecule has 0 radical (unpaired) electrons. The molecule has 1 heterocycles. The van der Waals surface area contributed by atoms with E-state index in [2.05, 4.69) is 39.0 Å². The van der Waals surface area contributed by atoms with Crippen molar-refractivity contribution in [1.82, 2.24) is 0 Å². The zero-order chi connectivity index (χ0) is 14.1. The highest BCUT2D eigenvalue weighted by molar-refractivity contribution is 5.44. The van der Waals surface area contributed by atoms with E-state index in [1.54, 1.807) is 7.11 Å². The highest BCUT2D eigenvalue weighted by atomic mass is 16.5. The molecule has 19 heavy (non-hydrogen) atoms. The van der Waals surface area contributed by atoms with Crippen LogP contribution in [0, 0.1) is 0 Å². The number of rotatable bonds is 4. The van der Waals surface area contributed by atoms with Crippen LogP contribution in [0.3, 0.4) is 0 Å². The molecule has 0 aromatic heterocycles. The van der Waals surface area contributed by atoms with E-state index in [4.69, 9.17) is 15.2 Å². The Balaban J connectivity index is 2.43. The van der Waals surface area contributed by atoms with Crippen LogP contribution >= 0.6 is 0 Å². The smallest absolute Gasteiger partial charge is 0.122 e. The average molecular weight is 263 g/mol. The molecule has 0 unspecified atom stereocenters. The van der Waals surface area contributed by atoms with Crippen LogP contribution in [0.25, 0.3) is 0 Å². The van der Waals surface area contributed by atoms with Crippen molar-refractivity contribution in [3.05, 3.63) is 29.3 Å². The molecular weight excluding hydrogens is 238 g/mol. The van der Waals surface area contributed by atoms with Crippen LogP contribution in [0.4, 0.5) is 0 Å². The molecule has 1 aliphatic rings. The van der Waals surface area contributed by atoms with Crippen molar-refractivity contribution in [2.24, 2.45) is 5.73 Å². The van der Waals surface area contributed by atoms with E-state index < -0.39 is 0 Å². The number of hydrogen-bond acceptors (Lipinski definition) is 3. The second-order valence-corrected chi connectivity index (χ2v) is 6.48. The molecule has 2 rings (SSSR count). The quantitative estimate of drug-likeness (QED) is 0.908. The first-order chi connectivity index (χ1) is 8.93. The van der Waals surface area contributed by atoms with Gasteiger partial charge in [0.15, 0.2) is 0 Å². The largest absolute Gasteiger partial charge is 0.496 e. The summed E-state index contributed by atoms with van der Waals surface area (Å²) >= 11 is 0. The van der Waals surface area contributed by atoms with Gasteiger partial charge in [0.1, 0.15) is 5.75 Å². The van der Waals surface area contributed by atoms with E-state index in [1.165, 1.54) is 11.1 Å². The Morgan fingerprint density at radius 2 is 2.00 bits per heavy atom. The molecule has 0 amide bonds. The van der Waals surface area contributed by atoms with Crippen molar-refractivity contribution in [2.75, 3.05) is 26.9 Å². The number of benzene rings is 1. The van der Waals surface area contributed by atoms with Crippen LogP contribution in [-0.4, -0.2) is 26.9 Å². The van der Waals surface area contributed by atoms with Gasteiger partial charge >= 0.3 is 0 Å². The van der Waals surface area contributed by atoms with Crippen LogP contribution in [0.1, 0.15) is 38.3 Å². The van der Waals surface area contributed by atoms with E-state index >= 15 is 0 Å². The molecule has 1 aromatic carbocycles. The summed E-state index contributed by atoms with van der Waals surface area (Å²) in [5, 5.41) is 0. The van der Waals surface area contributed by atoms with Gasteiger partial charge in [0.05, 0.1) is 20.3 Å². The van der Waals surface area contributed by atoms with Gasteiger partial charge in [0.25, 0.3) is 0 Å². The van der Waals surface area contributed by atoms with Crippen LogP contribution in [0.2, 0.25) is 0 Å². The van der Waals surface area contributed by atoms with E-state index in [-0.39, 0.29) is 10.8 Å². The molecule has 1 fully saturated rings. The minimum absolute atomic E-state index is 0.0653. The van der Waals surface area contributed by atoms with Crippen molar-refractivity contribution >= 4 is 0 Å². The van der Waals surface area contributed by atoms with E-state index in [0.29, 0.717) is 6.54 Å². The summed E-state index contributed by atoms with van der Waals surface area (Å²) < 4.78 is 10.9. The summed E-state index contributed by atoms with van der Waals surface area (Å²) in [6.45, 7) is 8.88. The van der Waals surface area contributed by atoms with Gasteiger partial charge in [-0.25, -0.2) is 0 Å². The fraction of sp³-hybridized carbons (Fsp3) is 0.625. The lowest BCUT2D eigenvalue weighted by Gasteiger charge is -2.42. The number of ether oxygens (including phenoxy) is 2. The molecule has 1 saturated heterocycles. The van der Waals surface area contributed by atoms with Gasteiger partial charge in [0, 0.05) is 5.41 Å². The van der Waals surface area contributed by atoms with Crippen molar-refractivity contribution in [1.29, 1.82) is 0 Å². The second-order valence-electron chi connectivity index (χ2n) is 6.48. The lowest BCUT2D eigenvalue weighted by molar-refractivity contribution is -0.0631. The Hall–Kier alpha value is -1.06. The van der Waals surface area contributed by atoms with Crippen molar-refractivity contribution in [3.8, 4) is 5.75 Å². The van der Waals surface area contributed by atoms with Crippen molar-refractivity contribution < 1.29 is 9.47 Å². The molecule has 0 bridgehead atoms. The molecular formula is C16H25NO2. The summed E-state index contributed by atoms with van der Waals surface area (Å²) in [6.07, 6.45) is 0.975. The molecule has 106 valence electrons. The Bertz CT molecular complexity index is 445. The number of nitrogens with two attached hydrogens (primary N) is 1. The fourth-order valence-corrected chi connectivity index (χ4v) is 2.70. The molecule has 3 nitrogen and oxygen atoms in total. The fourth-order valence-electron chi connectivity index (χ4n) is 2.70. The summed E-state index contributed by atoms with van der Waals surface area (Å²) in [7, 11) is 1.73. The first-order valence-electron chi connectivity index (χ1n) is 6.90. The Kier molecular flexibility index (Phi) is 3.88. The third-order valence-electron chi connectivity index (χ3n) is 4.00. The summed E-state index contributed by atoms with van der Waals surface area (Å²) in [5.41, 5.74) is 8.51. The summed E-state index contributed by atoms with van der Waals surface area (Å²) in [4.78, 5) is 0. The topological polar surface area (TPSA) is 44.5 Å². The molecule has 1 aromatic rings. The number of methoxy groups -OCH3 is 1. The average Bonchev–Trinajstić information content (AvgIpc) is 2.32. The van der Waals surface area contributed by atoms with E-state index in [1.807, 2.05) is 0 Å². The Labute approximate surface area is 116 Å². The number of hydrogen-bond donors (Lipinski definition) is 1. The molecule has 0 atom stereocenters. The van der Waals surface area contributed by atoms with Gasteiger partial charge in [-0.2, -0.15) is 0 Å². The predicted octanol–water partition coefficient (Wildman–Crippen LogP) is 2.61. The monoisotopic (exact) mass is 263 g/mol. The zero-order valence-electron chi connectivity index (χ0n) is 12.5. The van der Waals surface area contributed by atoms with E-state index in [9.17, 15) is 0 Å². The summed E-state index contributed by atoms with van der Waals surface area (Å²) in [6, 6.07) is 6.51. The van der Waals surface area contributed by atoms with Gasteiger partial charge in [-0.3, -0.25) is 0 Å². The van der Waals surface area contributed by atoms with Crippen LogP contribution in [-0.2, 0) is 15.6 Å². The normalized spacial score (nSPS) is 17.9. The maximum Gasteiger partial charge on any atom is 0.122 e. The maximum atomic E-state index is 5.76. The standard InChI is InChI=1S/C16H25NO2/c1-15(2,3)13-9-12(5-6-14(13)18-4)16(7-8-17)10-19-11-16/h5-6,9H,7-8,10-11,17H2,1-4H3. The maximum absolute atomic E-state index is 5.76. The van der Waals surface area contributed by atoms with Crippen molar-refractivity contribution in [2.45, 2.75) is 38.0 Å². The molecule has 3 heteroatoms. The van der Waals surface area contributed by atoms with Gasteiger partial charge in [0.2, 0.25) is 0 Å². The minimum Gasteiger partial charge on any atom is -0.496 e. The highest BCUT2D eigenvalue weighted by Gasteiger charge is 2.40. The molecule has 0 aliphatic carbocycles. The van der Waals surface area contributed by atoms with Crippen LogP contribution in [0.15, 0.2) is 18.2 Å². The molecule has 1 aliphatic heterocycles. The first kappa shape index (κ1) is 14.4. The third kappa shape index (κ3) is 2.63. The van der Waals surface area contributed by atoms with Gasteiger partial charge in [-0.05, 0) is 35.6 Å². The van der Waals surface area contributed by atoms with Crippen LogP contribution < -0.4 is 10.5 Å². The SMILES string of the molecule is COc1ccc(C2(CCN)COC2)cc1C(C)(C)C. The third-order valence-corrected chi connectivity index (χ3v) is 4.00. The van der Waals surface area contributed by atoms with Gasteiger partial charge in [-0.1, -0.05) is 32.9 Å². The molecule has 0 spiro atoms. The zero-order valence-corrected chi connectivity index (χ0v) is 12.5. The highest BCUT2D eigenvalue weighted by Crippen LogP contribution is 2.40. The lowest BCUT2D eigenvalue weighted by Crippen LogP contribution is -2.48.